The van der Waals surface area contributed by atoms with E-state index >= 15 is 0 Å². The number of hydrogen-bond acceptors (Lipinski definition) is 5. The second-order valence-corrected chi connectivity index (χ2v) is 6.57. The van der Waals surface area contributed by atoms with Gasteiger partial charge in [0.05, 0.1) is 12.3 Å². The van der Waals surface area contributed by atoms with Crippen molar-refractivity contribution in [2.45, 2.75) is 39.3 Å². The molecular weight excluding hydrogens is 340 g/mol. The molecule has 0 aliphatic carbocycles. The Kier molecular flexibility index (Phi) is 5.73. The first-order valence-corrected chi connectivity index (χ1v) is 8.94. The fourth-order valence-electron chi connectivity index (χ4n) is 3.10. The van der Waals surface area contributed by atoms with Gasteiger partial charge in [-0.05, 0) is 38.8 Å². The predicted octanol–water partition coefficient (Wildman–Crippen LogP) is 3.07. The van der Waals surface area contributed by atoms with E-state index in [9.17, 15) is 4.79 Å². The van der Waals surface area contributed by atoms with Gasteiger partial charge >= 0.3 is 5.97 Å². The normalized spacial score (nSPS) is 18.3. The van der Waals surface area contributed by atoms with Crippen LogP contribution < -0.4 is 5.43 Å². The van der Waals surface area contributed by atoms with E-state index in [4.69, 9.17) is 16.3 Å². The van der Waals surface area contributed by atoms with E-state index in [-0.39, 0.29) is 12.0 Å². The first-order chi connectivity index (χ1) is 12.1. The standard InChI is InChI=1S/C18H23ClN4O2/c1-3-25-18(24)16-5-4-10-20-23(16)11-15-12(2)21-22-17(15)13-6-8-14(19)9-7-13/h6-9,16,20H,3-5,10-11H2,1-2H3,(H,21,22). The van der Waals surface area contributed by atoms with Crippen molar-refractivity contribution in [3.8, 4) is 11.3 Å². The number of carbonyl (C=O) groups excluding carboxylic acids is 1. The number of halogens is 1. The van der Waals surface area contributed by atoms with Crippen LogP contribution in [-0.2, 0) is 16.1 Å². The minimum absolute atomic E-state index is 0.177. The molecule has 0 saturated carbocycles. The smallest absolute Gasteiger partial charge is 0.324 e. The van der Waals surface area contributed by atoms with Crippen molar-refractivity contribution in [3.63, 3.8) is 0 Å². The van der Waals surface area contributed by atoms with Crippen LogP contribution in [0.3, 0.4) is 0 Å². The van der Waals surface area contributed by atoms with Crippen LogP contribution in [0.25, 0.3) is 11.3 Å². The summed E-state index contributed by atoms with van der Waals surface area (Å²) in [7, 11) is 0. The van der Waals surface area contributed by atoms with E-state index in [0.29, 0.717) is 18.2 Å². The molecule has 25 heavy (non-hydrogen) atoms. The summed E-state index contributed by atoms with van der Waals surface area (Å²) in [6, 6.07) is 7.33. The van der Waals surface area contributed by atoms with E-state index < -0.39 is 0 Å². The van der Waals surface area contributed by atoms with Gasteiger partial charge in [0.2, 0.25) is 0 Å². The quantitative estimate of drug-likeness (QED) is 0.800. The van der Waals surface area contributed by atoms with Crippen molar-refractivity contribution < 1.29 is 9.53 Å². The number of benzene rings is 1. The van der Waals surface area contributed by atoms with Gasteiger partial charge in [-0.1, -0.05) is 23.7 Å². The third-order valence-corrected chi connectivity index (χ3v) is 4.68. The third kappa shape index (κ3) is 4.03. The summed E-state index contributed by atoms with van der Waals surface area (Å²) in [5.74, 6) is -0.177. The number of hydrazine groups is 1. The lowest BCUT2D eigenvalue weighted by molar-refractivity contribution is -0.153. The molecule has 0 spiro atoms. The lowest BCUT2D eigenvalue weighted by Crippen LogP contribution is -2.53. The number of rotatable bonds is 5. The Balaban J connectivity index is 1.85. The largest absolute Gasteiger partial charge is 0.465 e. The molecule has 2 heterocycles. The Hall–Kier alpha value is -1.89. The molecule has 2 N–H and O–H groups in total. The molecule has 1 atom stereocenters. The van der Waals surface area contributed by atoms with E-state index in [1.165, 1.54) is 0 Å². The van der Waals surface area contributed by atoms with E-state index in [1.807, 2.05) is 43.1 Å². The van der Waals surface area contributed by atoms with Crippen LogP contribution in [0, 0.1) is 6.92 Å². The van der Waals surface area contributed by atoms with Crippen LogP contribution in [0.15, 0.2) is 24.3 Å². The summed E-state index contributed by atoms with van der Waals surface area (Å²) >= 11 is 5.99. The molecule has 6 nitrogen and oxygen atoms in total. The molecule has 0 bridgehead atoms. The van der Waals surface area contributed by atoms with E-state index in [2.05, 4.69) is 15.6 Å². The Morgan fingerprint density at radius 1 is 1.40 bits per heavy atom. The van der Waals surface area contributed by atoms with Crippen LogP contribution in [0.1, 0.15) is 31.0 Å². The van der Waals surface area contributed by atoms with Crippen molar-refractivity contribution in [1.29, 1.82) is 0 Å². The third-order valence-electron chi connectivity index (χ3n) is 4.42. The monoisotopic (exact) mass is 362 g/mol. The number of esters is 1. The molecule has 1 aliphatic heterocycles. The number of carbonyl (C=O) groups is 1. The molecule has 1 aliphatic rings. The van der Waals surface area contributed by atoms with Gasteiger partial charge in [0.25, 0.3) is 0 Å². The van der Waals surface area contributed by atoms with Gasteiger partial charge in [0.1, 0.15) is 6.04 Å². The van der Waals surface area contributed by atoms with Gasteiger partial charge < -0.3 is 4.74 Å². The summed E-state index contributed by atoms with van der Waals surface area (Å²) in [5.41, 5.74) is 7.25. The minimum Gasteiger partial charge on any atom is -0.465 e. The van der Waals surface area contributed by atoms with Gasteiger partial charge in [-0.15, -0.1) is 0 Å². The van der Waals surface area contributed by atoms with Crippen LogP contribution in [0.5, 0.6) is 0 Å². The number of nitrogens with zero attached hydrogens (tertiary/aromatic N) is 2. The van der Waals surface area contributed by atoms with Crippen molar-refractivity contribution in [2.75, 3.05) is 13.2 Å². The molecule has 1 saturated heterocycles. The number of aryl methyl sites for hydroxylation is 1. The molecule has 0 radical (unpaired) electrons. The zero-order valence-corrected chi connectivity index (χ0v) is 15.3. The lowest BCUT2D eigenvalue weighted by Gasteiger charge is -2.34. The molecule has 1 unspecified atom stereocenters. The number of ether oxygens (including phenoxy) is 1. The second kappa shape index (κ2) is 7.99. The van der Waals surface area contributed by atoms with Crippen molar-refractivity contribution in [2.24, 2.45) is 0 Å². The van der Waals surface area contributed by atoms with Crippen LogP contribution >= 0.6 is 11.6 Å². The van der Waals surface area contributed by atoms with Crippen molar-refractivity contribution in [1.82, 2.24) is 20.6 Å². The highest BCUT2D eigenvalue weighted by Crippen LogP contribution is 2.27. The van der Waals surface area contributed by atoms with Gasteiger partial charge in [0, 0.05) is 34.9 Å². The van der Waals surface area contributed by atoms with Crippen LogP contribution in [0.4, 0.5) is 0 Å². The average molecular weight is 363 g/mol. The highest BCUT2D eigenvalue weighted by atomic mass is 35.5. The molecule has 134 valence electrons. The van der Waals surface area contributed by atoms with Crippen LogP contribution in [-0.4, -0.2) is 40.4 Å². The Bertz CT molecular complexity index is 729. The second-order valence-electron chi connectivity index (χ2n) is 6.13. The van der Waals surface area contributed by atoms with Gasteiger partial charge in [-0.25, -0.2) is 5.01 Å². The molecule has 0 amide bonds. The van der Waals surface area contributed by atoms with Gasteiger partial charge in [0.15, 0.2) is 0 Å². The van der Waals surface area contributed by atoms with Crippen LogP contribution in [0.2, 0.25) is 5.02 Å². The molecule has 1 aromatic carbocycles. The number of hydrogen-bond donors (Lipinski definition) is 2. The summed E-state index contributed by atoms with van der Waals surface area (Å²) < 4.78 is 5.23. The maximum atomic E-state index is 12.3. The fourth-order valence-corrected chi connectivity index (χ4v) is 3.22. The first kappa shape index (κ1) is 17.9. The number of aromatic nitrogens is 2. The first-order valence-electron chi connectivity index (χ1n) is 8.56. The van der Waals surface area contributed by atoms with Gasteiger partial charge in [-0.3, -0.25) is 15.3 Å². The molecular formula is C18H23ClN4O2. The number of H-pyrrole nitrogens is 1. The predicted molar refractivity (Wildman–Crippen MR) is 97.0 cm³/mol. The fraction of sp³-hybridized carbons (Fsp3) is 0.444. The molecule has 1 fully saturated rings. The Morgan fingerprint density at radius 2 is 2.16 bits per heavy atom. The summed E-state index contributed by atoms with van der Waals surface area (Å²) in [6.07, 6.45) is 1.74. The van der Waals surface area contributed by atoms with E-state index in [0.717, 1.165) is 41.9 Å². The topological polar surface area (TPSA) is 70.2 Å². The zero-order valence-electron chi connectivity index (χ0n) is 14.5. The average Bonchev–Trinajstić information content (AvgIpc) is 2.97. The molecule has 1 aromatic heterocycles. The number of nitrogens with one attached hydrogen (secondary N) is 2. The van der Waals surface area contributed by atoms with Crippen molar-refractivity contribution in [3.05, 3.63) is 40.5 Å². The summed E-state index contributed by atoms with van der Waals surface area (Å²) in [6.45, 7) is 5.64. The lowest BCUT2D eigenvalue weighted by atomic mass is 10.0. The maximum Gasteiger partial charge on any atom is 0.324 e. The molecule has 7 heteroatoms. The Morgan fingerprint density at radius 3 is 2.88 bits per heavy atom. The molecule has 2 aromatic rings. The minimum atomic E-state index is -0.277. The summed E-state index contributed by atoms with van der Waals surface area (Å²) in [4.78, 5) is 12.3. The maximum absolute atomic E-state index is 12.3. The zero-order chi connectivity index (χ0) is 17.8. The Labute approximate surface area is 152 Å². The van der Waals surface area contributed by atoms with E-state index in [1.54, 1.807) is 0 Å². The molecule has 3 rings (SSSR count). The number of aromatic amines is 1. The van der Waals surface area contributed by atoms with Gasteiger partial charge in [-0.2, -0.15) is 5.10 Å². The van der Waals surface area contributed by atoms with Crippen molar-refractivity contribution >= 4 is 17.6 Å². The highest BCUT2D eigenvalue weighted by molar-refractivity contribution is 6.30. The summed E-state index contributed by atoms with van der Waals surface area (Å²) in [5, 5.41) is 10.2. The highest BCUT2D eigenvalue weighted by Gasteiger charge is 2.31. The SMILES string of the molecule is CCOC(=O)C1CCCNN1Cc1c(-c2ccc(Cl)cc2)n[nH]c1C.